The minimum absolute atomic E-state index is 0.0765. The summed E-state index contributed by atoms with van der Waals surface area (Å²) >= 11 is 0. The van der Waals surface area contributed by atoms with E-state index in [4.69, 9.17) is 4.74 Å². The number of nitrogens with one attached hydrogen (secondary N) is 1. The van der Waals surface area contributed by atoms with Gasteiger partial charge in [0.25, 0.3) is 6.01 Å². The van der Waals surface area contributed by atoms with Crippen molar-refractivity contribution in [2.24, 2.45) is 5.92 Å². The largest absolute Gasteiger partial charge is 0.461 e. The Bertz CT molecular complexity index is 1160. The summed E-state index contributed by atoms with van der Waals surface area (Å²) in [6, 6.07) is 18.6. The fraction of sp³-hybridized carbons (Fsp3) is 0.208. The lowest BCUT2D eigenvalue weighted by Crippen LogP contribution is -2.32. The van der Waals surface area contributed by atoms with E-state index in [2.05, 4.69) is 16.9 Å². The molecule has 1 heterocycles. The number of nitrogens with zero attached hydrogens (tertiary/aromatic N) is 1. The zero-order chi connectivity index (χ0) is 20.0. The number of hydrogen-bond donors (Lipinski definition) is 1. The number of aromatic nitrogens is 2. The molecular formula is C24H20F2N2O. The van der Waals surface area contributed by atoms with Crippen molar-refractivity contribution in [2.75, 3.05) is 0 Å². The van der Waals surface area contributed by atoms with Crippen LogP contribution < -0.4 is 4.74 Å². The highest BCUT2D eigenvalue weighted by atomic mass is 19.1. The summed E-state index contributed by atoms with van der Waals surface area (Å²) in [6.45, 7) is 2.16. The minimum Gasteiger partial charge on any atom is -0.461 e. The first-order valence-corrected chi connectivity index (χ1v) is 9.78. The fourth-order valence-electron chi connectivity index (χ4n) is 3.92. The molecule has 1 N–H and O–H groups in total. The Morgan fingerprint density at radius 2 is 1.59 bits per heavy atom. The van der Waals surface area contributed by atoms with Crippen molar-refractivity contribution in [2.45, 2.75) is 25.9 Å². The summed E-state index contributed by atoms with van der Waals surface area (Å²) < 4.78 is 35.7. The molecule has 3 nitrogen and oxygen atoms in total. The predicted octanol–water partition coefficient (Wildman–Crippen LogP) is 6.35. The molecule has 0 spiro atoms. The second-order valence-electron chi connectivity index (χ2n) is 7.75. The van der Waals surface area contributed by atoms with Gasteiger partial charge in [-0.3, -0.25) is 0 Å². The molecule has 1 aromatic heterocycles. The van der Waals surface area contributed by atoms with Gasteiger partial charge in [-0.1, -0.05) is 61.5 Å². The van der Waals surface area contributed by atoms with E-state index in [0.717, 1.165) is 24.0 Å². The Labute approximate surface area is 167 Å². The first-order valence-electron chi connectivity index (χ1n) is 9.78. The van der Waals surface area contributed by atoms with Gasteiger partial charge in [0, 0.05) is 6.07 Å². The number of benzene rings is 3. The van der Waals surface area contributed by atoms with E-state index in [1.165, 1.54) is 6.07 Å². The zero-order valence-corrected chi connectivity index (χ0v) is 16.0. The summed E-state index contributed by atoms with van der Waals surface area (Å²) in [5, 5.41) is 0. The number of halogens is 2. The highest BCUT2D eigenvalue weighted by Gasteiger charge is 2.28. The van der Waals surface area contributed by atoms with Crippen molar-refractivity contribution in [3.8, 4) is 28.3 Å². The second-order valence-corrected chi connectivity index (χ2v) is 7.75. The van der Waals surface area contributed by atoms with Gasteiger partial charge in [-0.15, -0.1) is 0 Å². The maximum atomic E-state index is 15.2. The molecule has 5 rings (SSSR count). The molecule has 3 aromatic carbocycles. The lowest BCUT2D eigenvalue weighted by Gasteiger charge is -2.31. The van der Waals surface area contributed by atoms with Gasteiger partial charge in [-0.05, 0) is 35.4 Å². The normalized spacial score (nSPS) is 18.6. The molecular weight excluding hydrogens is 370 g/mol. The predicted molar refractivity (Wildman–Crippen MR) is 110 cm³/mol. The number of ether oxygens (including phenoxy) is 1. The molecule has 5 heteroatoms. The van der Waals surface area contributed by atoms with Gasteiger partial charge in [-0.2, -0.15) is 4.98 Å². The molecule has 0 saturated heterocycles. The molecule has 0 unspecified atom stereocenters. The number of H-pyrrole nitrogens is 1. The Kier molecular flexibility index (Phi) is 4.31. The van der Waals surface area contributed by atoms with Crippen molar-refractivity contribution < 1.29 is 13.5 Å². The molecule has 0 atom stereocenters. The Morgan fingerprint density at radius 3 is 2.28 bits per heavy atom. The third kappa shape index (κ3) is 3.27. The van der Waals surface area contributed by atoms with Crippen LogP contribution in [-0.2, 0) is 0 Å². The van der Waals surface area contributed by atoms with Crippen LogP contribution in [0.3, 0.4) is 0 Å². The molecule has 0 aliphatic heterocycles. The highest BCUT2D eigenvalue weighted by Crippen LogP contribution is 2.35. The topological polar surface area (TPSA) is 37.9 Å². The summed E-state index contributed by atoms with van der Waals surface area (Å²) in [5.41, 5.74) is 2.83. The fourth-order valence-corrected chi connectivity index (χ4v) is 3.92. The maximum Gasteiger partial charge on any atom is 0.294 e. The van der Waals surface area contributed by atoms with Crippen LogP contribution in [-0.4, -0.2) is 16.1 Å². The van der Waals surface area contributed by atoms with Crippen LogP contribution in [0.15, 0.2) is 60.7 Å². The molecule has 146 valence electrons. The molecule has 1 fully saturated rings. The summed E-state index contributed by atoms with van der Waals surface area (Å²) in [4.78, 5) is 7.12. The van der Waals surface area contributed by atoms with Crippen molar-refractivity contribution in [3.63, 3.8) is 0 Å². The van der Waals surface area contributed by atoms with Crippen LogP contribution in [0.2, 0.25) is 0 Å². The summed E-state index contributed by atoms with van der Waals surface area (Å²) in [7, 11) is 0. The molecule has 1 saturated carbocycles. The number of fused-ring (bicyclic) bond motifs is 1. The van der Waals surface area contributed by atoms with Crippen LogP contribution in [0.25, 0.3) is 33.3 Å². The molecule has 4 aromatic rings. The van der Waals surface area contributed by atoms with E-state index in [-0.39, 0.29) is 23.2 Å². The number of aromatic amines is 1. The molecule has 0 radical (unpaired) electrons. The Hall–Kier alpha value is -3.21. The van der Waals surface area contributed by atoms with Crippen LogP contribution in [0.4, 0.5) is 8.78 Å². The van der Waals surface area contributed by atoms with Crippen LogP contribution in [0, 0.1) is 17.6 Å². The average molecular weight is 390 g/mol. The SMILES string of the molecule is CC1CC(Oc2nc3c(F)c(-c4ccc(-c5ccccc5)cc4)c(F)cc3[nH]2)C1. The van der Waals surface area contributed by atoms with Crippen molar-refractivity contribution in [1.82, 2.24) is 9.97 Å². The average Bonchev–Trinajstić information content (AvgIpc) is 3.11. The van der Waals surface area contributed by atoms with Crippen molar-refractivity contribution in [3.05, 3.63) is 72.3 Å². The van der Waals surface area contributed by atoms with Gasteiger partial charge in [0.15, 0.2) is 5.82 Å². The van der Waals surface area contributed by atoms with Crippen LogP contribution >= 0.6 is 0 Å². The highest BCUT2D eigenvalue weighted by molar-refractivity contribution is 5.84. The maximum absolute atomic E-state index is 15.2. The molecule has 29 heavy (non-hydrogen) atoms. The second kappa shape index (κ2) is 6.99. The zero-order valence-electron chi connectivity index (χ0n) is 16.0. The van der Waals surface area contributed by atoms with Crippen molar-refractivity contribution >= 4 is 11.0 Å². The van der Waals surface area contributed by atoms with E-state index >= 15 is 4.39 Å². The van der Waals surface area contributed by atoms with Gasteiger partial charge in [0.05, 0.1) is 11.1 Å². The first kappa shape index (κ1) is 17.9. The number of imidazole rings is 1. The van der Waals surface area contributed by atoms with E-state index in [1.807, 2.05) is 42.5 Å². The van der Waals surface area contributed by atoms with Gasteiger partial charge < -0.3 is 9.72 Å². The quantitative estimate of drug-likeness (QED) is 0.441. The Balaban J connectivity index is 1.49. The van der Waals surface area contributed by atoms with E-state index in [1.54, 1.807) is 12.1 Å². The lowest BCUT2D eigenvalue weighted by atomic mass is 9.84. The van der Waals surface area contributed by atoms with Crippen LogP contribution in [0.5, 0.6) is 6.01 Å². The van der Waals surface area contributed by atoms with E-state index < -0.39 is 11.6 Å². The third-order valence-electron chi connectivity index (χ3n) is 5.54. The van der Waals surface area contributed by atoms with E-state index in [0.29, 0.717) is 17.0 Å². The summed E-state index contributed by atoms with van der Waals surface area (Å²) in [6.07, 6.45) is 1.99. The molecule has 0 bridgehead atoms. The van der Waals surface area contributed by atoms with Crippen LogP contribution in [0.1, 0.15) is 19.8 Å². The summed E-state index contributed by atoms with van der Waals surface area (Å²) in [5.74, 6) is -0.681. The lowest BCUT2D eigenvalue weighted by molar-refractivity contribution is 0.0660. The molecule has 1 aliphatic rings. The minimum atomic E-state index is -0.680. The van der Waals surface area contributed by atoms with E-state index in [9.17, 15) is 4.39 Å². The van der Waals surface area contributed by atoms with Gasteiger partial charge in [0.1, 0.15) is 17.4 Å². The Morgan fingerprint density at radius 1 is 0.931 bits per heavy atom. The van der Waals surface area contributed by atoms with Crippen molar-refractivity contribution in [1.29, 1.82) is 0 Å². The van der Waals surface area contributed by atoms with Gasteiger partial charge >= 0.3 is 0 Å². The van der Waals surface area contributed by atoms with Gasteiger partial charge in [-0.25, -0.2) is 8.78 Å². The standard InChI is InChI=1S/C24H20F2N2O/c1-14-11-18(12-14)29-24-27-20-13-19(25)21(22(26)23(20)28-24)17-9-7-16(8-10-17)15-5-3-2-4-6-15/h2-10,13-14,18H,11-12H2,1H3,(H,27,28). The molecule has 0 amide bonds. The van der Waals surface area contributed by atoms with Gasteiger partial charge in [0.2, 0.25) is 0 Å². The molecule has 1 aliphatic carbocycles. The number of rotatable bonds is 4. The third-order valence-corrected chi connectivity index (χ3v) is 5.54. The first-order chi connectivity index (χ1) is 14.1. The monoisotopic (exact) mass is 390 g/mol. The number of hydrogen-bond acceptors (Lipinski definition) is 2. The smallest absolute Gasteiger partial charge is 0.294 e.